The van der Waals surface area contributed by atoms with E-state index in [9.17, 15) is 0 Å². The van der Waals surface area contributed by atoms with Crippen LogP contribution in [0.25, 0.3) is 0 Å². The van der Waals surface area contributed by atoms with Crippen molar-refractivity contribution in [3.63, 3.8) is 0 Å². The zero-order valence-electron chi connectivity index (χ0n) is 13.0. The number of nitrogens with zero attached hydrogens (tertiary/aromatic N) is 3. The van der Waals surface area contributed by atoms with Crippen LogP contribution in [-0.2, 0) is 25.9 Å². The Morgan fingerprint density at radius 1 is 1.41 bits per heavy atom. The number of fused-ring (bicyclic) bond motifs is 1. The first-order valence-corrected chi connectivity index (χ1v) is 7.95. The van der Waals surface area contributed by atoms with E-state index in [0.29, 0.717) is 12.5 Å². The first-order valence-electron chi connectivity index (χ1n) is 7.95. The molecular formula is C17H23N5. The van der Waals surface area contributed by atoms with Crippen LogP contribution in [0, 0.1) is 0 Å². The first-order chi connectivity index (χ1) is 10.7. The van der Waals surface area contributed by atoms with Crippen molar-refractivity contribution >= 4 is 11.6 Å². The molecule has 22 heavy (non-hydrogen) atoms. The summed E-state index contributed by atoms with van der Waals surface area (Å²) >= 11 is 0. The zero-order valence-corrected chi connectivity index (χ0v) is 13.0. The van der Waals surface area contributed by atoms with E-state index in [2.05, 4.69) is 45.1 Å². The highest BCUT2D eigenvalue weighted by Gasteiger charge is 2.11. The molecule has 3 rings (SSSR count). The molecule has 1 aliphatic heterocycles. The highest BCUT2D eigenvalue weighted by molar-refractivity contribution is 5.92. The van der Waals surface area contributed by atoms with E-state index in [0.717, 1.165) is 30.8 Å². The standard InChI is InChI=1S/C17H23N5/c1-2-13-6-5-7-14(10-13)21-17(18)19-11-15-12-22-9-4-3-8-16(22)20-15/h5-7,10,12H,2-4,8-9,11H2,1H3,(H3,18,19,21). The van der Waals surface area contributed by atoms with Crippen molar-refractivity contribution in [3.8, 4) is 0 Å². The minimum absolute atomic E-state index is 0.430. The number of anilines is 1. The molecule has 0 saturated heterocycles. The predicted octanol–water partition coefficient (Wildman–Crippen LogP) is 2.71. The fourth-order valence-electron chi connectivity index (χ4n) is 2.77. The maximum atomic E-state index is 5.97. The molecule has 3 N–H and O–H groups in total. The van der Waals surface area contributed by atoms with E-state index >= 15 is 0 Å². The Kier molecular flexibility index (Phi) is 4.42. The Bertz CT molecular complexity index is 648. The van der Waals surface area contributed by atoms with Gasteiger partial charge in [-0.25, -0.2) is 9.98 Å². The Balaban J connectivity index is 1.63. The summed E-state index contributed by atoms with van der Waals surface area (Å²) in [6.45, 7) is 3.73. The Morgan fingerprint density at radius 2 is 2.32 bits per heavy atom. The van der Waals surface area contributed by atoms with Gasteiger partial charge in [0.25, 0.3) is 0 Å². The second-order valence-electron chi connectivity index (χ2n) is 5.68. The van der Waals surface area contributed by atoms with Gasteiger partial charge in [0.15, 0.2) is 5.96 Å². The molecule has 5 heteroatoms. The summed E-state index contributed by atoms with van der Waals surface area (Å²) in [6, 6.07) is 8.22. The van der Waals surface area contributed by atoms with E-state index in [1.54, 1.807) is 0 Å². The maximum absolute atomic E-state index is 5.97. The molecule has 116 valence electrons. The molecule has 0 saturated carbocycles. The van der Waals surface area contributed by atoms with Gasteiger partial charge >= 0.3 is 0 Å². The van der Waals surface area contributed by atoms with Crippen molar-refractivity contribution < 1.29 is 0 Å². The summed E-state index contributed by atoms with van der Waals surface area (Å²) in [5.74, 6) is 1.61. The number of nitrogens with one attached hydrogen (secondary N) is 1. The van der Waals surface area contributed by atoms with Crippen LogP contribution in [0.5, 0.6) is 0 Å². The number of aromatic nitrogens is 2. The van der Waals surface area contributed by atoms with E-state index in [4.69, 9.17) is 5.73 Å². The first kappa shape index (κ1) is 14.6. The summed E-state index contributed by atoms with van der Waals surface area (Å²) in [7, 11) is 0. The lowest BCUT2D eigenvalue weighted by Gasteiger charge is -2.11. The van der Waals surface area contributed by atoms with Crippen molar-refractivity contribution in [3.05, 3.63) is 47.5 Å². The number of rotatable bonds is 4. The minimum Gasteiger partial charge on any atom is -0.370 e. The average molecular weight is 297 g/mol. The molecule has 1 aromatic carbocycles. The summed E-state index contributed by atoms with van der Waals surface area (Å²) in [5, 5.41) is 3.14. The molecule has 0 unspecified atom stereocenters. The van der Waals surface area contributed by atoms with Crippen LogP contribution in [0.1, 0.15) is 36.8 Å². The normalized spacial score (nSPS) is 14.7. The third kappa shape index (κ3) is 3.47. The van der Waals surface area contributed by atoms with Crippen LogP contribution in [0.2, 0.25) is 0 Å². The Morgan fingerprint density at radius 3 is 3.14 bits per heavy atom. The maximum Gasteiger partial charge on any atom is 0.193 e. The van der Waals surface area contributed by atoms with E-state index in [-0.39, 0.29) is 0 Å². The monoisotopic (exact) mass is 297 g/mol. The number of aryl methyl sites for hydroxylation is 3. The van der Waals surface area contributed by atoms with Crippen LogP contribution in [0.4, 0.5) is 5.69 Å². The zero-order chi connectivity index (χ0) is 15.4. The van der Waals surface area contributed by atoms with E-state index in [1.807, 2.05) is 12.1 Å². The molecule has 0 radical (unpaired) electrons. The minimum atomic E-state index is 0.430. The summed E-state index contributed by atoms with van der Waals surface area (Å²) in [5.41, 5.74) is 9.22. The molecule has 0 aliphatic carbocycles. The predicted molar refractivity (Wildman–Crippen MR) is 89.9 cm³/mol. The number of benzene rings is 1. The number of hydrogen-bond acceptors (Lipinski definition) is 2. The average Bonchev–Trinajstić information content (AvgIpc) is 2.96. The van der Waals surface area contributed by atoms with Crippen molar-refractivity contribution in [1.29, 1.82) is 0 Å². The molecule has 0 spiro atoms. The van der Waals surface area contributed by atoms with Gasteiger partial charge in [-0.15, -0.1) is 0 Å². The van der Waals surface area contributed by atoms with Gasteiger partial charge in [-0.3, -0.25) is 0 Å². The Hall–Kier alpha value is -2.30. The van der Waals surface area contributed by atoms with E-state index in [1.165, 1.54) is 24.2 Å². The molecule has 0 bridgehead atoms. The van der Waals surface area contributed by atoms with Gasteiger partial charge in [-0.1, -0.05) is 19.1 Å². The van der Waals surface area contributed by atoms with Crippen LogP contribution in [0.3, 0.4) is 0 Å². The molecule has 0 amide bonds. The highest BCUT2D eigenvalue weighted by atomic mass is 15.1. The molecule has 2 heterocycles. The largest absolute Gasteiger partial charge is 0.370 e. The van der Waals surface area contributed by atoms with Gasteiger partial charge < -0.3 is 15.6 Å². The fourth-order valence-corrected chi connectivity index (χ4v) is 2.77. The second-order valence-corrected chi connectivity index (χ2v) is 5.68. The van der Waals surface area contributed by atoms with Gasteiger partial charge in [0, 0.05) is 24.8 Å². The van der Waals surface area contributed by atoms with E-state index < -0.39 is 0 Å². The lowest BCUT2D eigenvalue weighted by atomic mass is 10.1. The number of imidazole rings is 1. The van der Waals surface area contributed by atoms with Crippen LogP contribution < -0.4 is 11.1 Å². The van der Waals surface area contributed by atoms with Crippen molar-refractivity contribution in [2.45, 2.75) is 45.7 Å². The van der Waals surface area contributed by atoms with Gasteiger partial charge in [-0.05, 0) is 37.0 Å². The SMILES string of the molecule is CCc1cccc(NC(N)=NCc2cn3c(n2)CCCC3)c1. The van der Waals surface area contributed by atoms with Crippen molar-refractivity contribution in [2.75, 3.05) is 5.32 Å². The smallest absolute Gasteiger partial charge is 0.193 e. The molecule has 5 nitrogen and oxygen atoms in total. The molecule has 2 aromatic rings. The number of nitrogens with two attached hydrogens (primary N) is 1. The molecule has 1 aromatic heterocycles. The third-order valence-corrected chi connectivity index (χ3v) is 3.98. The summed E-state index contributed by atoms with van der Waals surface area (Å²) in [4.78, 5) is 9.03. The number of hydrogen-bond donors (Lipinski definition) is 2. The summed E-state index contributed by atoms with van der Waals surface area (Å²) < 4.78 is 2.24. The molecule has 1 aliphatic rings. The highest BCUT2D eigenvalue weighted by Crippen LogP contribution is 2.15. The molecule has 0 atom stereocenters. The topological polar surface area (TPSA) is 68.2 Å². The van der Waals surface area contributed by atoms with Gasteiger partial charge in [-0.2, -0.15) is 0 Å². The lowest BCUT2D eigenvalue weighted by molar-refractivity contribution is 0.522. The fraction of sp³-hybridized carbons (Fsp3) is 0.412. The number of aliphatic imine (C=N–C) groups is 1. The van der Waals surface area contributed by atoms with Crippen LogP contribution in [-0.4, -0.2) is 15.5 Å². The summed E-state index contributed by atoms with van der Waals surface area (Å²) in [6.07, 6.45) is 6.65. The van der Waals surface area contributed by atoms with Crippen molar-refractivity contribution in [2.24, 2.45) is 10.7 Å². The lowest BCUT2D eigenvalue weighted by Crippen LogP contribution is -2.22. The van der Waals surface area contributed by atoms with Gasteiger partial charge in [0.2, 0.25) is 0 Å². The Labute approximate surface area is 131 Å². The van der Waals surface area contributed by atoms with Gasteiger partial charge in [0.05, 0.1) is 12.2 Å². The second kappa shape index (κ2) is 6.64. The van der Waals surface area contributed by atoms with Gasteiger partial charge in [0.1, 0.15) is 5.82 Å². The quantitative estimate of drug-likeness (QED) is 0.673. The van der Waals surface area contributed by atoms with Crippen molar-refractivity contribution in [1.82, 2.24) is 9.55 Å². The third-order valence-electron chi connectivity index (χ3n) is 3.98. The van der Waals surface area contributed by atoms with Crippen LogP contribution >= 0.6 is 0 Å². The number of guanidine groups is 1. The molecular weight excluding hydrogens is 274 g/mol. The molecule has 0 fully saturated rings. The van der Waals surface area contributed by atoms with Crippen LogP contribution in [0.15, 0.2) is 35.5 Å².